The van der Waals surface area contributed by atoms with E-state index in [0.29, 0.717) is 18.6 Å². The Hall–Kier alpha value is -1.26. The second-order valence-corrected chi connectivity index (χ2v) is 11.8. The van der Waals surface area contributed by atoms with E-state index in [1.807, 2.05) is 0 Å². The van der Waals surface area contributed by atoms with Gasteiger partial charge in [0.2, 0.25) is 0 Å². The summed E-state index contributed by atoms with van der Waals surface area (Å²) in [6, 6.07) is 4.62. The normalized spacial score (nSPS) is 37.7. The van der Waals surface area contributed by atoms with Crippen LogP contribution in [0.25, 0.3) is 0 Å². The van der Waals surface area contributed by atoms with Gasteiger partial charge < -0.3 is 18.9 Å². The van der Waals surface area contributed by atoms with Crippen molar-refractivity contribution in [1.82, 2.24) is 0 Å². The topological polar surface area (TPSA) is 43.5 Å². The van der Waals surface area contributed by atoms with Crippen LogP contribution in [-0.2, 0) is 20.3 Å². The van der Waals surface area contributed by atoms with Gasteiger partial charge in [-0.3, -0.25) is 0 Å². The maximum Gasteiger partial charge on any atom is 0.165 e. The number of ether oxygens (including phenoxy) is 4. The minimum atomic E-state index is 0.0356. The molecule has 2 heterocycles. The monoisotopic (exact) mass is 426 g/mol. The standard InChI is InChI=1S/C27H38O4/c1-4-26(2,3)24-22(27-10-17-7-18(11-27)9-19(8-17)12-27)5-6-23(30-15-20-13-28-20)25(24)31-16-21-14-29-21/h5-6,17-21H,4,7-16H2,1-3H3. The third-order valence-electron chi connectivity index (χ3n) is 8.93. The van der Waals surface area contributed by atoms with Crippen LogP contribution in [-0.4, -0.2) is 38.6 Å². The van der Waals surface area contributed by atoms with Crippen molar-refractivity contribution < 1.29 is 18.9 Å². The smallest absolute Gasteiger partial charge is 0.165 e. The van der Waals surface area contributed by atoms with Crippen LogP contribution in [0.2, 0.25) is 0 Å². The number of benzene rings is 1. The summed E-state index contributed by atoms with van der Waals surface area (Å²) in [5.74, 6) is 4.65. The lowest BCUT2D eigenvalue weighted by atomic mass is 9.47. The molecule has 2 unspecified atom stereocenters. The fourth-order valence-corrected chi connectivity index (χ4v) is 7.24. The van der Waals surface area contributed by atoms with E-state index in [0.717, 1.165) is 48.9 Å². The second kappa shape index (κ2) is 7.38. The Morgan fingerprint density at radius 2 is 1.45 bits per heavy atom. The molecule has 31 heavy (non-hydrogen) atoms. The van der Waals surface area contributed by atoms with Gasteiger partial charge in [-0.2, -0.15) is 0 Å². The minimum absolute atomic E-state index is 0.0356. The Morgan fingerprint density at radius 3 is 1.97 bits per heavy atom. The molecule has 4 bridgehead atoms. The van der Waals surface area contributed by atoms with E-state index in [4.69, 9.17) is 18.9 Å². The third-order valence-corrected chi connectivity index (χ3v) is 8.93. The molecular formula is C27H38O4. The van der Waals surface area contributed by atoms with Crippen LogP contribution in [0.15, 0.2) is 12.1 Å². The zero-order chi connectivity index (χ0) is 21.2. The van der Waals surface area contributed by atoms with Crippen molar-refractivity contribution in [1.29, 1.82) is 0 Å². The van der Waals surface area contributed by atoms with E-state index < -0.39 is 0 Å². The highest BCUT2D eigenvalue weighted by molar-refractivity contribution is 5.57. The Labute approximate surface area is 187 Å². The van der Waals surface area contributed by atoms with E-state index in [2.05, 4.69) is 32.9 Å². The zero-order valence-electron chi connectivity index (χ0n) is 19.5. The first kappa shape index (κ1) is 20.4. The molecule has 4 nitrogen and oxygen atoms in total. The number of hydrogen-bond donors (Lipinski definition) is 0. The summed E-state index contributed by atoms with van der Waals surface area (Å²) < 4.78 is 23.7. The number of rotatable bonds is 9. The highest BCUT2D eigenvalue weighted by atomic mass is 16.6. The van der Waals surface area contributed by atoms with Gasteiger partial charge in [-0.1, -0.05) is 26.8 Å². The third kappa shape index (κ3) is 3.78. The second-order valence-electron chi connectivity index (χ2n) is 11.8. The molecule has 0 N–H and O–H groups in total. The molecule has 2 saturated heterocycles. The zero-order valence-corrected chi connectivity index (χ0v) is 19.5. The predicted molar refractivity (Wildman–Crippen MR) is 120 cm³/mol. The van der Waals surface area contributed by atoms with Gasteiger partial charge in [-0.05, 0) is 85.2 Å². The van der Waals surface area contributed by atoms with E-state index >= 15 is 0 Å². The van der Waals surface area contributed by atoms with Crippen LogP contribution in [0.5, 0.6) is 11.5 Å². The van der Waals surface area contributed by atoms with Gasteiger partial charge in [0.05, 0.1) is 13.2 Å². The van der Waals surface area contributed by atoms with E-state index in [1.54, 1.807) is 5.56 Å². The van der Waals surface area contributed by atoms with Crippen molar-refractivity contribution >= 4 is 0 Å². The van der Waals surface area contributed by atoms with Crippen molar-refractivity contribution in [2.24, 2.45) is 17.8 Å². The molecule has 2 aliphatic heterocycles. The van der Waals surface area contributed by atoms with Gasteiger partial charge in [-0.25, -0.2) is 0 Å². The lowest BCUT2D eigenvalue weighted by Crippen LogP contribution is -2.49. The molecule has 170 valence electrons. The van der Waals surface area contributed by atoms with Crippen molar-refractivity contribution in [2.75, 3.05) is 26.4 Å². The van der Waals surface area contributed by atoms with Gasteiger partial charge in [0.25, 0.3) is 0 Å². The Kier molecular flexibility index (Phi) is 4.85. The maximum atomic E-state index is 6.55. The predicted octanol–water partition coefficient (Wildman–Crippen LogP) is 5.40. The van der Waals surface area contributed by atoms with Crippen LogP contribution < -0.4 is 9.47 Å². The lowest BCUT2D eigenvalue weighted by Gasteiger charge is -2.58. The molecule has 4 saturated carbocycles. The van der Waals surface area contributed by atoms with Gasteiger partial charge in [0.1, 0.15) is 25.4 Å². The molecule has 0 amide bonds. The first-order valence-corrected chi connectivity index (χ1v) is 12.6. The van der Waals surface area contributed by atoms with Crippen molar-refractivity contribution in [3.8, 4) is 11.5 Å². The molecular weight excluding hydrogens is 388 g/mol. The Bertz CT molecular complexity index is 801. The molecule has 7 rings (SSSR count). The molecule has 0 spiro atoms. The lowest BCUT2D eigenvalue weighted by molar-refractivity contribution is -0.00619. The molecule has 4 aliphatic carbocycles. The van der Waals surface area contributed by atoms with E-state index in [9.17, 15) is 0 Å². The van der Waals surface area contributed by atoms with Gasteiger partial charge in [0.15, 0.2) is 11.5 Å². The highest BCUT2D eigenvalue weighted by Crippen LogP contribution is 2.63. The van der Waals surface area contributed by atoms with Crippen molar-refractivity contribution in [2.45, 2.75) is 88.8 Å². The van der Waals surface area contributed by atoms with Gasteiger partial charge in [0, 0.05) is 5.56 Å². The highest BCUT2D eigenvalue weighted by Gasteiger charge is 2.53. The number of epoxide rings is 2. The summed E-state index contributed by atoms with van der Waals surface area (Å²) in [7, 11) is 0. The first-order valence-electron chi connectivity index (χ1n) is 12.6. The van der Waals surface area contributed by atoms with Gasteiger partial charge >= 0.3 is 0 Å². The summed E-state index contributed by atoms with van der Waals surface area (Å²) in [5.41, 5.74) is 3.35. The Balaban J connectivity index is 1.44. The quantitative estimate of drug-likeness (QED) is 0.496. The molecule has 0 aromatic heterocycles. The van der Waals surface area contributed by atoms with Crippen LogP contribution in [0.1, 0.15) is 76.8 Å². The summed E-state index contributed by atoms with van der Waals surface area (Å²) in [5, 5.41) is 0. The molecule has 1 aromatic carbocycles. The fraction of sp³-hybridized carbons (Fsp3) is 0.778. The Morgan fingerprint density at radius 1 is 0.903 bits per heavy atom. The molecule has 0 radical (unpaired) electrons. The molecule has 6 aliphatic rings. The molecule has 4 heteroatoms. The molecule has 6 fully saturated rings. The van der Waals surface area contributed by atoms with Gasteiger partial charge in [-0.15, -0.1) is 0 Å². The van der Waals surface area contributed by atoms with Crippen LogP contribution in [0.4, 0.5) is 0 Å². The van der Waals surface area contributed by atoms with E-state index in [1.165, 1.54) is 44.1 Å². The van der Waals surface area contributed by atoms with Crippen molar-refractivity contribution in [3.63, 3.8) is 0 Å². The maximum absolute atomic E-state index is 6.55. The minimum Gasteiger partial charge on any atom is -0.487 e. The average molecular weight is 427 g/mol. The summed E-state index contributed by atoms with van der Waals surface area (Å²) >= 11 is 0. The molecule has 2 atom stereocenters. The number of hydrogen-bond acceptors (Lipinski definition) is 4. The van der Waals surface area contributed by atoms with Crippen LogP contribution in [0.3, 0.4) is 0 Å². The summed E-state index contributed by atoms with van der Waals surface area (Å²) in [4.78, 5) is 0. The summed E-state index contributed by atoms with van der Waals surface area (Å²) in [6.45, 7) is 9.94. The average Bonchev–Trinajstić information content (AvgIpc) is 3.64. The molecule has 1 aromatic rings. The van der Waals surface area contributed by atoms with Crippen LogP contribution >= 0.6 is 0 Å². The fourth-order valence-electron chi connectivity index (χ4n) is 7.24. The van der Waals surface area contributed by atoms with Crippen LogP contribution in [0, 0.1) is 17.8 Å². The first-order chi connectivity index (χ1) is 15.0. The van der Waals surface area contributed by atoms with E-state index in [-0.39, 0.29) is 17.6 Å². The largest absolute Gasteiger partial charge is 0.487 e. The summed E-state index contributed by atoms with van der Waals surface area (Å²) in [6.07, 6.45) is 10.1. The van der Waals surface area contributed by atoms with Crippen molar-refractivity contribution in [3.05, 3.63) is 23.3 Å². The SMILES string of the molecule is CCC(C)(C)c1c(C23CC4CC(CC(C4)C2)C3)ccc(OCC2CO2)c1OCC1CO1.